The molecule has 2 fully saturated rings. The molecule has 0 saturated heterocycles. The van der Waals surface area contributed by atoms with Crippen LogP contribution in [-0.2, 0) is 16.2 Å². The van der Waals surface area contributed by atoms with Crippen molar-refractivity contribution in [1.82, 2.24) is 0 Å². The Balaban J connectivity index is 0.000000150. The second kappa shape index (κ2) is 19.9. The first-order valence-electron chi connectivity index (χ1n) is 28.5. The van der Waals surface area contributed by atoms with E-state index in [2.05, 4.69) is 241 Å². The van der Waals surface area contributed by atoms with E-state index in [1.165, 1.54) is 163 Å². The van der Waals surface area contributed by atoms with E-state index in [-0.39, 0.29) is 10.8 Å². The average Bonchev–Trinajstić information content (AvgIpc) is 4.36. The predicted octanol–water partition coefficient (Wildman–Crippen LogP) is 21.2. The van der Waals surface area contributed by atoms with Crippen LogP contribution in [0.15, 0.2) is 206 Å². The number of hydrogen-bond donors (Lipinski definition) is 0. The maximum absolute atomic E-state index is 2.54. The number of nitrogens with zero attached hydrogens (tertiary/aromatic N) is 1. The third kappa shape index (κ3) is 8.21. The van der Waals surface area contributed by atoms with Crippen LogP contribution >= 0.6 is 0 Å². The van der Waals surface area contributed by atoms with Gasteiger partial charge in [-0.1, -0.05) is 246 Å². The van der Waals surface area contributed by atoms with Crippen molar-refractivity contribution < 1.29 is 0 Å². The van der Waals surface area contributed by atoms with Gasteiger partial charge in [-0.05, 0) is 171 Å². The zero-order valence-electron chi connectivity index (χ0n) is 45.9. The Morgan fingerprint density at radius 3 is 1.24 bits per heavy atom. The second-order valence-corrected chi connectivity index (χ2v) is 23.2. The highest BCUT2D eigenvalue weighted by Gasteiger charge is 2.47. The molecular weight excluding hydrogens is 915 g/mol. The summed E-state index contributed by atoms with van der Waals surface area (Å²) in [4.78, 5) is 2.48. The van der Waals surface area contributed by atoms with Gasteiger partial charge in [0.25, 0.3) is 0 Å². The van der Waals surface area contributed by atoms with Crippen molar-refractivity contribution >= 4 is 38.6 Å². The maximum atomic E-state index is 2.54. The van der Waals surface area contributed by atoms with Gasteiger partial charge in [-0.2, -0.15) is 0 Å². The molecule has 5 aliphatic rings. The lowest BCUT2D eigenvalue weighted by molar-refractivity contribution is 0.550. The normalized spacial score (nSPS) is 15.8. The van der Waals surface area contributed by atoms with Crippen molar-refractivity contribution in [3.63, 3.8) is 0 Å². The lowest BCUT2D eigenvalue weighted by atomic mass is 9.76. The Kier molecular flexibility index (Phi) is 12.9. The summed E-state index contributed by atoms with van der Waals surface area (Å²) in [5.74, 6) is 0. The van der Waals surface area contributed by atoms with E-state index in [9.17, 15) is 0 Å². The molecule has 0 atom stereocenters. The van der Waals surface area contributed by atoms with Gasteiger partial charge in [-0.15, -0.1) is 0 Å². The quantitative estimate of drug-likeness (QED) is 0.171. The van der Waals surface area contributed by atoms with Gasteiger partial charge in [0.15, 0.2) is 0 Å². The molecule has 0 N–H and O–H groups in total. The molecule has 0 amide bonds. The van der Waals surface area contributed by atoms with Crippen LogP contribution in [0.3, 0.4) is 0 Å². The van der Waals surface area contributed by atoms with Gasteiger partial charge in [0.2, 0.25) is 0 Å². The summed E-state index contributed by atoms with van der Waals surface area (Å²) in [7, 11) is 0. The SMILES string of the molecule is CCC.Cc1ccc2c(c1)C(C)(C)c1cc(N(c3ccccc3)c3ccc4c(c3)C3(CCCC3)c3ccc5ccccc5c3-4)ccc1-2.Cc1ccc2c(c1)C1(CCCC1)c1ccc3ccccc3c1-2.Cc1ccccc1. The minimum atomic E-state index is -0.0520. The third-order valence-corrected chi connectivity index (χ3v) is 17.8. The highest BCUT2D eigenvalue weighted by atomic mass is 15.1. The number of benzene rings is 10. The van der Waals surface area contributed by atoms with Gasteiger partial charge in [0, 0.05) is 33.3 Å². The van der Waals surface area contributed by atoms with Crippen molar-refractivity contribution in [3.8, 4) is 33.4 Å². The van der Waals surface area contributed by atoms with Crippen LogP contribution in [0.2, 0.25) is 0 Å². The smallest absolute Gasteiger partial charge is 0.0465 e. The second-order valence-electron chi connectivity index (χ2n) is 23.2. The van der Waals surface area contributed by atoms with E-state index in [1.807, 2.05) is 18.2 Å². The Labute approximate surface area is 453 Å². The molecular formula is C75H73N. The molecule has 2 saturated carbocycles. The standard InChI is InChI=1S/C43H37N.C22H20.C7H8.C3H8/c1-28-15-19-34-35-20-17-31(26-39(35)42(2,3)38(34)25-28)44(30-12-5-4-6-13-30)32-18-21-36-40(27-32)43(23-9-10-24-43)37-22-16-29-11-7-8-14-33(29)41(36)37;1-15-8-10-18-20(14-15)22(12-4-5-13-22)19-11-9-16-6-2-3-7-17(16)21(18)19;1-7-5-3-2-4-6-7;1-3-2/h4-8,11-22,25-27H,9-10,23-24H2,1-3H3;2-3,6-11,14H,4-5,12-13H2,1H3;2-6H,1H3;3H2,1-2H3. The molecule has 2 spiro atoms. The molecule has 0 aliphatic heterocycles. The number of aryl methyl sites for hydroxylation is 3. The van der Waals surface area contributed by atoms with E-state index >= 15 is 0 Å². The van der Waals surface area contributed by atoms with Crippen LogP contribution in [0.1, 0.15) is 136 Å². The van der Waals surface area contributed by atoms with Gasteiger partial charge < -0.3 is 4.90 Å². The molecule has 76 heavy (non-hydrogen) atoms. The first-order chi connectivity index (χ1) is 37.1. The lowest BCUT2D eigenvalue weighted by Crippen LogP contribution is -2.21. The topological polar surface area (TPSA) is 3.24 Å². The van der Waals surface area contributed by atoms with Gasteiger partial charge in [-0.3, -0.25) is 0 Å². The fourth-order valence-corrected chi connectivity index (χ4v) is 14.3. The Hall–Kier alpha value is -7.48. The minimum absolute atomic E-state index is 0.0520. The Bertz CT molecular complexity index is 3770. The predicted molar refractivity (Wildman–Crippen MR) is 326 cm³/mol. The van der Waals surface area contributed by atoms with Crippen LogP contribution in [0, 0.1) is 20.8 Å². The van der Waals surface area contributed by atoms with Crippen LogP contribution in [0.4, 0.5) is 17.1 Å². The number of hydrogen-bond acceptors (Lipinski definition) is 1. The highest BCUT2D eigenvalue weighted by Crippen LogP contribution is 2.61. The molecule has 15 rings (SSSR count). The molecule has 5 aliphatic carbocycles. The molecule has 10 aromatic rings. The van der Waals surface area contributed by atoms with Crippen molar-refractivity contribution in [1.29, 1.82) is 0 Å². The van der Waals surface area contributed by atoms with Crippen LogP contribution < -0.4 is 4.90 Å². The summed E-state index contributed by atoms with van der Waals surface area (Å²) >= 11 is 0. The first-order valence-corrected chi connectivity index (χ1v) is 28.5. The van der Waals surface area contributed by atoms with Crippen LogP contribution in [-0.4, -0.2) is 0 Å². The molecule has 0 heterocycles. The summed E-state index contributed by atoms with van der Waals surface area (Å²) < 4.78 is 0. The summed E-state index contributed by atoms with van der Waals surface area (Å²) in [6, 6.07) is 77.0. The third-order valence-electron chi connectivity index (χ3n) is 17.8. The molecule has 0 bridgehead atoms. The fraction of sp³-hybridized carbons (Fsp3) is 0.253. The van der Waals surface area contributed by atoms with Crippen molar-refractivity contribution in [2.24, 2.45) is 0 Å². The number of fused-ring (bicyclic) bond motifs is 17. The molecule has 0 unspecified atom stereocenters. The molecule has 0 radical (unpaired) electrons. The van der Waals surface area contributed by atoms with Gasteiger partial charge in [-0.25, -0.2) is 0 Å². The Morgan fingerprint density at radius 2 is 0.737 bits per heavy atom. The molecule has 378 valence electrons. The van der Waals surface area contributed by atoms with Crippen LogP contribution in [0.5, 0.6) is 0 Å². The Morgan fingerprint density at radius 1 is 0.342 bits per heavy atom. The van der Waals surface area contributed by atoms with E-state index in [0.717, 1.165) is 0 Å². The van der Waals surface area contributed by atoms with Crippen LogP contribution in [0.25, 0.3) is 54.9 Å². The molecule has 10 aromatic carbocycles. The van der Waals surface area contributed by atoms with Gasteiger partial charge >= 0.3 is 0 Å². The molecule has 1 heteroatoms. The summed E-state index contributed by atoms with van der Waals surface area (Å²) in [5.41, 5.74) is 25.7. The van der Waals surface area contributed by atoms with E-state index in [1.54, 1.807) is 16.7 Å². The average molecular weight is 988 g/mol. The number of para-hydroxylation sites is 1. The van der Waals surface area contributed by atoms with Crippen molar-refractivity contribution in [3.05, 3.63) is 256 Å². The van der Waals surface area contributed by atoms with Gasteiger partial charge in [0.05, 0.1) is 0 Å². The number of anilines is 3. The number of rotatable bonds is 3. The first kappa shape index (κ1) is 49.4. The summed E-state index contributed by atoms with van der Waals surface area (Å²) in [5, 5.41) is 5.51. The monoisotopic (exact) mass is 988 g/mol. The highest BCUT2D eigenvalue weighted by molar-refractivity contribution is 6.04. The molecule has 1 nitrogen and oxygen atoms in total. The van der Waals surface area contributed by atoms with E-state index < -0.39 is 0 Å². The lowest BCUT2D eigenvalue weighted by Gasteiger charge is -2.31. The minimum Gasteiger partial charge on any atom is -0.310 e. The zero-order chi connectivity index (χ0) is 52.2. The van der Waals surface area contributed by atoms with E-state index in [0.29, 0.717) is 5.41 Å². The molecule has 0 aromatic heterocycles. The van der Waals surface area contributed by atoms with Crippen molar-refractivity contribution in [2.45, 2.75) is 122 Å². The maximum Gasteiger partial charge on any atom is 0.0465 e. The van der Waals surface area contributed by atoms with E-state index in [4.69, 9.17) is 0 Å². The van der Waals surface area contributed by atoms with Gasteiger partial charge in [0.1, 0.15) is 0 Å². The zero-order valence-corrected chi connectivity index (χ0v) is 45.9. The van der Waals surface area contributed by atoms with Crippen molar-refractivity contribution in [2.75, 3.05) is 4.90 Å². The summed E-state index contributed by atoms with van der Waals surface area (Å²) in [6.45, 7) is 15.5. The fourth-order valence-electron chi connectivity index (χ4n) is 14.3. The summed E-state index contributed by atoms with van der Waals surface area (Å²) in [6.07, 6.45) is 11.6. The largest absolute Gasteiger partial charge is 0.310 e.